The van der Waals surface area contributed by atoms with E-state index in [0.29, 0.717) is 11.6 Å². The summed E-state index contributed by atoms with van der Waals surface area (Å²) >= 11 is 0. The number of halogens is 3. The SMILES string of the molecule is C[C@H]1CC=C[C@H](n2cc(C(F)(F)F)nc2-c2ccccn2)C1. The Hall–Kier alpha value is -2.11. The van der Waals surface area contributed by atoms with Crippen molar-refractivity contribution in [2.45, 2.75) is 32.0 Å². The van der Waals surface area contributed by atoms with E-state index in [4.69, 9.17) is 0 Å². The lowest BCUT2D eigenvalue weighted by Gasteiger charge is -2.24. The van der Waals surface area contributed by atoms with E-state index in [9.17, 15) is 13.2 Å². The highest BCUT2D eigenvalue weighted by atomic mass is 19.4. The Morgan fingerprint density at radius 3 is 2.73 bits per heavy atom. The monoisotopic (exact) mass is 307 g/mol. The van der Waals surface area contributed by atoms with Crippen LogP contribution in [0.3, 0.4) is 0 Å². The molecule has 0 radical (unpaired) electrons. The van der Waals surface area contributed by atoms with Gasteiger partial charge in [0.1, 0.15) is 5.69 Å². The standard InChI is InChI=1S/C16H16F3N3/c1-11-5-4-6-12(9-11)22-10-14(16(17,18)19)21-15(22)13-7-2-3-8-20-13/h2-4,6-8,10-12H,5,9H2,1H3/t11-,12-/m0/s1. The molecular weight excluding hydrogens is 291 g/mol. The van der Waals surface area contributed by atoms with Gasteiger partial charge in [0, 0.05) is 12.4 Å². The summed E-state index contributed by atoms with van der Waals surface area (Å²) in [5.41, 5.74) is -0.426. The summed E-state index contributed by atoms with van der Waals surface area (Å²) in [4.78, 5) is 7.94. The van der Waals surface area contributed by atoms with Crippen molar-refractivity contribution in [3.63, 3.8) is 0 Å². The average molecular weight is 307 g/mol. The number of imidazole rings is 1. The van der Waals surface area contributed by atoms with E-state index < -0.39 is 11.9 Å². The minimum Gasteiger partial charge on any atom is -0.322 e. The Kier molecular flexibility index (Phi) is 3.76. The van der Waals surface area contributed by atoms with Crippen LogP contribution in [-0.4, -0.2) is 14.5 Å². The summed E-state index contributed by atoms with van der Waals surface area (Å²) in [7, 11) is 0. The zero-order valence-corrected chi connectivity index (χ0v) is 12.1. The summed E-state index contributed by atoms with van der Waals surface area (Å²) in [5, 5.41) is 0. The molecule has 1 aliphatic rings. The van der Waals surface area contributed by atoms with Gasteiger partial charge in [0.2, 0.25) is 0 Å². The lowest BCUT2D eigenvalue weighted by molar-refractivity contribution is -0.140. The maximum Gasteiger partial charge on any atom is 0.434 e. The molecule has 0 amide bonds. The first-order valence-electron chi connectivity index (χ1n) is 7.19. The minimum absolute atomic E-state index is 0.121. The first-order valence-corrected chi connectivity index (χ1v) is 7.19. The predicted molar refractivity (Wildman–Crippen MR) is 77.0 cm³/mol. The van der Waals surface area contributed by atoms with Gasteiger partial charge in [0.25, 0.3) is 0 Å². The molecular formula is C16H16F3N3. The Labute approximate surface area is 126 Å². The van der Waals surface area contributed by atoms with Crippen LogP contribution in [0.1, 0.15) is 31.5 Å². The van der Waals surface area contributed by atoms with E-state index in [0.717, 1.165) is 19.0 Å². The molecule has 0 unspecified atom stereocenters. The number of nitrogens with zero attached hydrogens (tertiary/aromatic N) is 3. The maximum absolute atomic E-state index is 13.0. The average Bonchev–Trinajstić information content (AvgIpc) is 2.93. The van der Waals surface area contributed by atoms with Gasteiger partial charge < -0.3 is 4.57 Å². The quantitative estimate of drug-likeness (QED) is 0.765. The first kappa shape index (κ1) is 14.8. The van der Waals surface area contributed by atoms with Crippen molar-refractivity contribution in [2.75, 3.05) is 0 Å². The largest absolute Gasteiger partial charge is 0.434 e. The van der Waals surface area contributed by atoms with Crippen LogP contribution in [0, 0.1) is 5.92 Å². The lowest BCUT2D eigenvalue weighted by Crippen LogP contribution is -2.14. The highest BCUT2D eigenvalue weighted by Gasteiger charge is 2.36. The third-order valence-electron chi connectivity index (χ3n) is 3.81. The van der Waals surface area contributed by atoms with Gasteiger partial charge in [0.05, 0.1) is 6.04 Å². The second-order valence-electron chi connectivity index (χ2n) is 5.64. The summed E-state index contributed by atoms with van der Waals surface area (Å²) in [6.45, 7) is 2.10. The van der Waals surface area contributed by atoms with Crippen molar-refractivity contribution < 1.29 is 13.2 Å². The summed E-state index contributed by atoms with van der Waals surface area (Å²) in [5.74, 6) is 0.694. The van der Waals surface area contributed by atoms with Crippen molar-refractivity contribution in [2.24, 2.45) is 5.92 Å². The summed E-state index contributed by atoms with van der Waals surface area (Å²) in [6, 6.07) is 5.02. The van der Waals surface area contributed by atoms with Crippen LogP contribution in [0.5, 0.6) is 0 Å². The van der Waals surface area contributed by atoms with Gasteiger partial charge in [-0.15, -0.1) is 0 Å². The smallest absolute Gasteiger partial charge is 0.322 e. The number of allylic oxidation sites excluding steroid dienone is 2. The molecule has 0 saturated heterocycles. The molecule has 2 aromatic heterocycles. The van der Waals surface area contributed by atoms with Gasteiger partial charge in [-0.1, -0.05) is 25.1 Å². The van der Waals surface area contributed by atoms with Gasteiger partial charge in [-0.2, -0.15) is 13.2 Å². The molecule has 22 heavy (non-hydrogen) atoms. The molecule has 3 nitrogen and oxygen atoms in total. The molecule has 0 spiro atoms. The van der Waals surface area contributed by atoms with Gasteiger partial charge in [-0.25, -0.2) is 4.98 Å². The topological polar surface area (TPSA) is 30.7 Å². The number of alkyl halides is 3. The molecule has 2 heterocycles. The molecule has 3 rings (SSSR count). The Morgan fingerprint density at radius 2 is 2.09 bits per heavy atom. The predicted octanol–water partition coefficient (Wildman–Crippen LogP) is 4.49. The fraction of sp³-hybridized carbons (Fsp3) is 0.375. The van der Waals surface area contributed by atoms with Crippen LogP contribution in [0.25, 0.3) is 11.5 Å². The number of rotatable bonds is 2. The number of hydrogen-bond donors (Lipinski definition) is 0. The third kappa shape index (κ3) is 2.91. The first-order chi connectivity index (χ1) is 10.4. The van der Waals surface area contributed by atoms with Crippen LogP contribution in [0.2, 0.25) is 0 Å². The highest BCUT2D eigenvalue weighted by Crippen LogP contribution is 2.35. The molecule has 116 valence electrons. The number of pyridine rings is 1. The van der Waals surface area contributed by atoms with Crippen LogP contribution in [0.4, 0.5) is 13.2 Å². The van der Waals surface area contributed by atoms with Crippen molar-refractivity contribution in [3.05, 3.63) is 48.4 Å². The lowest BCUT2D eigenvalue weighted by atomic mass is 9.92. The highest BCUT2D eigenvalue weighted by molar-refractivity contribution is 5.51. The Morgan fingerprint density at radius 1 is 1.27 bits per heavy atom. The molecule has 0 aliphatic heterocycles. The normalized spacial score (nSPS) is 22.0. The molecule has 1 aliphatic carbocycles. The third-order valence-corrected chi connectivity index (χ3v) is 3.81. The Bertz CT molecular complexity index is 674. The molecule has 0 fully saturated rings. The van der Waals surface area contributed by atoms with Crippen LogP contribution < -0.4 is 0 Å². The zero-order valence-electron chi connectivity index (χ0n) is 12.1. The van der Waals surface area contributed by atoms with Crippen LogP contribution in [0.15, 0.2) is 42.7 Å². The van der Waals surface area contributed by atoms with E-state index in [2.05, 4.69) is 16.9 Å². The van der Waals surface area contributed by atoms with Crippen LogP contribution in [-0.2, 0) is 6.18 Å². The van der Waals surface area contributed by atoms with Crippen molar-refractivity contribution >= 4 is 0 Å². The maximum atomic E-state index is 13.0. The molecule has 2 aromatic rings. The fourth-order valence-electron chi connectivity index (χ4n) is 2.73. The van der Waals surface area contributed by atoms with E-state index in [-0.39, 0.29) is 11.9 Å². The van der Waals surface area contributed by atoms with E-state index >= 15 is 0 Å². The van der Waals surface area contributed by atoms with Gasteiger partial charge in [-0.05, 0) is 30.9 Å². The fourth-order valence-corrected chi connectivity index (χ4v) is 2.73. The van der Waals surface area contributed by atoms with Crippen molar-refractivity contribution in [1.82, 2.24) is 14.5 Å². The van der Waals surface area contributed by atoms with E-state index in [1.165, 1.54) is 0 Å². The second kappa shape index (κ2) is 5.59. The molecule has 0 N–H and O–H groups in total. The summed E-state index contributed by atoms with van der Waals surface area (Å²) in [6.07, 6.45) is 3.92. The molecule has 6 heteroatoms. The summed E-state index contributed by atoms with van der Waals surface area (Å²) < 4.78 is 40.7. The van der Waals surface area contributed by atoms with Crippen molar-refractivity contribution in [3.8, 4) is 11.5 Å². The molecule has 0 bridgehead atoms. The van der Waals surface area contributed by atoms with E-state index in [1.807, 2.05) is 12.2 Å². The number of aromatic nitrogens is 3. The van der Waals surface area contributed by atoms with Gasteiger partial charge in [-0.3, -0.25) is 4.98 Å². The molecule has 0 aromatic carbocycles. The van der Waals surface area contributed by atoms with E-state index in [1.54, 1.807) is 29.0 Å². The second-order valence-corrected chi connectivity index (χ2v) is 5.64. The van der Waals surface area contributed by atoms with Gasteiger partial charge in [0.15, 0.2) is 11.5 Å². The molecule has 2 atom stereocenters. The minimum atomic E-state index is -4.46. The zero-order chi connectivity index (χ0) is 15.7. The molecule has 0 saturated carbocycles. The Balaban J connectivity index is 2.09. The van der Waals surface area contributed by atoms with Crippen molar-refractivity contribution in [1.29, 1.82) is 0 Å². The van der Waals surface area contributed by atoms with Crippen LogP contribution >= 0.6 is 0 Å². The van der Waals surface area contributed by atoms with Gasteiger partial charge >= 0.3 is 6.18 Å². The number of hydrogen-bond acceptors (Lipinski definition) is 2.